The van der Waals surface area contributed by atoms with Gasteiger partial charge in [0.1, 0.15) is 0 Å². The van der Waals surface area contributed by atoms with Crippen molar-refractivity contribution < 1.29 is 10.4 Å². The van der Waals surface area contributed by atoms with Gasteiger partial charge in [-0.15, -0.1) is 0 Å². The van der Waals surface area contributed by atoms with Crippen molar-refractivity contribution in [3.8, 4) is 0 Å². The summed E-state index contributed by atoms with van der Waals surface area (Å²) in [4.78, 5) is 0. The Balaban J connectivity index is 1.87. The summed E-state index contributed by atoms with van der Waals surface area (Å²) in [6, 6.07) is 0. The van der Waals surface area contributed by atoms with Crippen LogP contribution in [0.25, 0.3) is 0 Å². The van der Waals surface area contributed by atoms with Crippen LogP contribution in [0.4, 0.5) is 0 Å². The summed E-state index contributed by atoms with van der Waals surface area (Å²) in [7, 11) is 0. The van der Waals surface area contributed by atoms with Crippen LogP contribution in [0.5, 0.6) is 0 Å². The molecular weight excluding hydrogens is 192 g/mol. The van der Waals surface area contributed by atoms with Crippen molar-refractivity contribution in [3.05, 3.63) is 0 Å². The zero-order chi connectivity index (χ0) is 10.2. The summed E-state index contributed by atoms with van der Waals surface area (Å²) >= 11 is 0. The van der Waals surface area contributed by atoms with Crippen LogP contribution in [-0.4, -0.2) is 21.8 Å². The van der Waals surface area contributed by atoms with E-state index in [2.05, 4.69) is 10.3 Å². The molecule has 80 valence electrons. The van der Waals surface area contributed by atoms with Crippen LogP contribution in [0.1, 0.15) is 19.3 Å². The van der Waals surface area contributed by atoms with Crippen molar-refractivity contribution in [1.29, 1.82) is 0 Å². The zero-order valence-corrected chi connectivity index (χ0v) is 8.37. The minimum Gasteiger partial charge on any atom is -0.411 e. The molecule has 4 rings (SSSR count). The minimum atomic E-state index is 0.398. The molecule has 0 heterocycles. The number of oxime groups is 2. The summed E-state index contributed by atoms with van der Waals surface area (Å²) in [5.41, 5.74) is 1.95. The highest BCUT2D eigenvalue weighted by Crippen LogP contribution is 2.68. The van der Waals surface area contributed by atoms with Gasteiger partial charge < -0.3 is 10.4 Å². The molecule has 6 atom stereocenters. The molecule has 4 aliphatic carbocycles. The predicted molar refractivity (Wildman–Crippen MR) is 53.2 cm³/mol. The van der Waals surface area contributed by atoms with E-state index in [0.717, 1.165) is 36.1 Å². The van der Waals surface area contributed by atoms with Gasteiger partial charge in [0, 0.05) is 11.8 Å². The first-order valence-electron chi connectivity index (χ1n) is 5.76. The summed E-state index contributed by atoms with van der Waals surface area (Å²) in [6.45, 7) is 0. The van der Waals surface area contributed by atoms with E-state index in [-0.39, 0.29) is 0 Å². The van der Waals surface area contributed by atoms with Crippen molar-refractivity contribution in [1.82, 2.24) is 0 Å². The molecule has 4 nitrogen and oxygen atoms in total. The molecule has 0 saturated heterocycles. The van der Waals surface area contributed by atoms with Crippen molar-refractivity contribution in [3.63, 3.8) is 0 Å². The summed E-state index contributed by atoms with van der Waals surface area (Å²) in [6.07, 6.45) is 3.24. The van der Waals surface area contributed by atoms with Gasteiger partial charge in [0.05, 0.1) is 11.4 Å². The molecule has 0 aromatic rings. The van der Waals surface area contributed by atoms with Crippen LogP contribution < -0.4 is 0 Å². The van der Waals surface area contributed by atoms with Gasteiger partial charge in [0.2, 0.25) is 0 Å². The fourth-order valence-corrected chi connectivity index (χ4v) is 5.14. The van der Waals surface area contributed by atoms with E-state index < -0.39 is 0 Å². The van der Waals surface area contributed by atoms with Crippen LogP contribution in [-0.2, 0) is 0 Å². The maximum atomic E-state index is 9.02. The first kappa shape index (κ1) is 8.13. The Morgan fingerprint density at radius 1 is 0.800 bits per heavy atom. The molecule has 0 amide bonds. The van der Waals surface area contributed by atoms with Gasteiger partial charge in [0.25, 0.3) is 0 Å². The van der Waals surface area contributed by atoms with Gasteiger partial charge in [-0.2, -0.15) is 0 Å². The standard InChI is InChI=1S/C11H14N2O2/c14-12-8-2-4-5-3-9(13-15)11-7(5)1-6(4)10(8)11/h4-7,10-11,14-15H,1-3H2/b12-8+,13-9+/t4-,5+,6-,7+,10+,11-. The third-order valence-electron chi connectivity index (χ3n) is 5.42. The lowest BCUT2D eigenvalue weighted by atomic mass is 9.79. The van der Waals surface area contributed by atoms with E-state index in [4.69, 9.17) is 10.4 Å². The molecule has 15 heavy (non-hydrogen) atoms. The molecule has 4 fully saturated rings. The first-order valence-corrected chi connectivity index (χ1v) is 5.76. The average molecular weight is 206 g/mol. The van der Waals surface area contributed by atoms with Crippen LogP contribution in [0.15, 0.2) is 10.3 Å². The third kappa shape index (κ3) is 0.703. The molecule has 2 N–H and O–H groups in total. The molecular formula is C11H14N2O2. The van der Waals surface area contributed by atoms with Crippen molar-refractivity contribution in [2.24, 2.45) is 45.8 Å². The molecule has 4 aliphatic rings. The Morgan fingerprint density at radius 2 is 1.27 bits per heavy atom. The molecule has 0 radical (unpaired) electrons. The molecule has 2 bridgehead atoms. The second-order valence-electron chi connectivity index (χ2n) is 5.53. The molecule has 0 aromatic carbocycles. The zero-order valence-electron chi connectivity index (χ0n) is 8.37. The second kappa shape index (κ2) is 2.36. The lowest BCUT2D eigenvalue weighted by Gasteiger charge is -2.24. The van der Waals surface area contributed by atoms with E-state index in [1.165, 1.54) is 6.42 Å². The van der Waals surface area contributed by atoms with Crippen LogP contribution in [0, 0.1) is 35.5 Å². The van der Waals surface area contributed by atoms with Crippen LogP contribution in [0.2, 0.25) is 0 Å². The summed E-state index contributed by atoms with van der Waals surface area (Å²) < 4.78 is 0. The van der Waals surface area contributed by atoms with Gasteiger partial charge in [-0.1, -0.05) is 10.3 Å². The SMILES string of the molecule is O/N=C1\C[C@@H]2[C@@H]3C/C(=N\O)[C@H]4[C@H]3C[C@H]2[C@@H]14. The Bertz CT molecular complexity index is 350. The maximum Gasteiger partial charge on any atom is 0.0614 e. The predicted octanol–water partition coefficient (Wildman–Crippen LogP) is 1.57. The van der Waals surface area contributed by atoms with E-state index in [1.807, 2.05) is 0 Å². The largest absolute Gasteiger partial charge is 0.411 e. The van der Waals surface area contributed by atoms with Gasteiger partial charge >= 0.3 is 0 Å². The minimum absolute atomic E-state index is 0.398. The van der Waals surface area contributed by atoms with E-state index in [9.17, 15) is 0 Å². The van der Waals surface area contributed by atoms with Crippen molar-refractivity contribution >= 4 is 11.4 Å². The van der Waals surface area contributed by atoms with Gasteiger partial charge in [-0.3, -0.25) is 0 Å². The van der Waals surface area contributed by atoms with E-state index >= 15 is 0 Å². The molecule has 4 saturated carbocycles. The van der Waals surface area contributed by atoms with E-state index in [1.54, 1.807) is 0 Å². The molecule has 0 unspecified atom stereocenters. The Kier molecular flexibility index (Phi) is 1.28. The lowest BCUT2D eigenvalue weighted by Crippen LogP contribution is -2.26. The number of hydrogen-bond acceptors (Lipinski definition) is 4. The normalized spacial score (nSPS) is 60.0. The molecule has 0 spiro atoms. The number of rotatable bonds is 0. The number of fused-ring (bicyclic) bond motifs is 2. The monoisotopic (exact) mass is 206 g/mol. The first-order chi connectivity index (χ1) is 7.35. The van der Waals surface area contributed by atoms with Gasteiger partial charge in [-0.05, 0) is 42.9 Å². The van der Waals surface area contributed by atoms with Gasteiger partial charge in [0.15, 0.2) is 0 Å². The Hall–Kier alpha value is -1.06. The fourth-order valence-electron chi connectivity index (χ4n) is 5.14. The Labute approximate surface area is 87.7 Å². The topological polar surface area (TPSA) is 65.2 Å². The summed E-state index contributed by atoms with van der Waals surface area (Å²) in [5.74, 6) is 3.65. The number of hydrogen-bond donors (Lipinski definition) is 2. The smallest absolute Gasteiger partial charge is 0.0614 e. The van der Waals surface area contributed by atoms with Crippen molar-refractivity contribution in [2.75, 3.05) is 0 Å². The van der Waals surface area contributed by atoms with Crippen molar-refractivity contribution in [2.45, 2.75) is 19.3 Å². The van der Waals surface area contributed by atoms with Crippen LogP contribution in [0.3, 0.4) is 0 Å². The van der Waals surface area contributed by atoms with Gasteiger partial charge in [-0.25, -0.2) is 0 Å². The highest BCUT2D eigenvalue weighted by molar-refractivity contribution is 6.00. The third-order valence-corrected chi connectivity index (χ3v) is 5.42. The lowest BCUT2D eigenvalue weighted by molar-refractivity contribution is 0.240. The molecule has 0 aliphatic heterocycles. The average Bonchev–Trinajstić information content (AvgIpc) is 2.83. The van der Waals surface area contributed by atoms with E-state index in [0.29, 0.717) is 23.7 Å². The highest BCUT2D eigenvalue weighted by atomic mass is 16.4. The van der Waals surface area contributed by atoms with Crippen LogP contribution >= 0.6 is 0 Å². The quantitative estimate of drug-likeness (QED) is 0.466. The molecule has 0 aromatic heterocycles. The second-order valence-corrected chi connectivity index (χ2v) is 5.53. The Morgan fingerprint density at radius 3 is 1.67 bits per heavy atom. The summed E-state index contributed by atoms with van der Waals surface area (Å²) in [5, 5.41) is 25.0. The fraction of sp³-hybridized carbons (Fsp3) is 0.818. The number of nitrogens with zero attached hydrogens (tertiary/aromatic N) is 2. The highest BCUT2D eigenvalue weighted by Gasteiger charge is 2.67. The molecule has 4 heteroatoms. The maximum absolute atomic E-state index is 9.02.